The summed E-state index contributed by atoms with van der Waals surface area (Å²) in [6.45, 7) is 4.46. The molecule has 0 atom stereocenters. The van der Waals surface area contributed by atoms with E-state index in [-0.39, 0.29) is 0 Å². The van der Waals surface area contributed by atoms with Crippen molar-refractivity contribution < 1.29 is 7.84 Å². The van der Waals surface area contributed by atoms with Crippen molar-refractivity contribution in [3.05, 3.63) is 0 Å². The summed E-state index contributed by atoms with van der Waals surface area (Å²) < 4.78 is 22.1. The van der Waals surface area contributed by atoms with E-state index in [2.05, 4.69) is 13.8 Å². The predicted octanol–water partition coefficient (Wildman–Crippen LogP) is 6.35. The summed E-state index contributed by atoms with van der Waals surface area (Å²) in [5.41, 5.74) is 0. The molecule has 1 N–H and O–H groups in total. The summed E-state index contributed by atoms with van der Waals surface area (Å²) in [4.78, 5) is 0. The molecule has 21 heavy (non-hydrogen) atoms. The minimum atomic E-state index is -3.45. The van der Waals surface area contributed by atoms with Crippen molar-refractivity contribution in [2.75, 3.05) is 0 Å². The molecule has 0 fully saturated rings. The molecule has 0 aromatic heterocycles. The summed E-state index contributed by atoms with van der Waals surface area (Å²) in [7, 11) is 0. The Morgan fingerprint density at radius 1 is 0.571 bits per heavy atom. The maximum absolute atomic E-state index is 12.1. The first-order valence-corrected chi connectivity index (χ1v) is 13.7. The van der Waals surface area contributed by atoms with Gasteiger partial charge >= 0.3 is 136 Å². The Balaban J connectivity index is 3.37. The summed E-state index contributed by atoms with van der Waals surface area (Å²) >= 11 is -3.45. The Bertz CT molecular complexity index is 232. The number of rotatable bonds is 16. The van der Waals surface area contributed by atoms with Gasteiger partial charge in [0.05, 0.1) is 0 Å². The molecule has 0 saturated heterocycles. The van der Waals surface area contributed by atoms with Crippen LogP contribution in [-0.4, -0.2) is 17.9 Å². The van der Waals surface area contributed by atoms with Crippen molar-refractivity contribution in [2.45, 2.75) is 114 Å². The predicted molar refractivity (Wildman–Crippen MR) is 94.3 cm³/mol. The number of hydrogen-bond acceptors (Lipinski definition) is 1. The summed E-state index contributed by atoms with van der Waals surface area (Å²) in [6.07, 6.45) is 17.2. The van der Waals surface area contributed by atoms with Gasteiger partial charge in [-0.3, -0.25) is 0 Å². The van der Waals surface area contributed by atoms with E-state index in [1.165, 1.54) is 64.2 Å². The molecule has 0 spiro atoms. The second-order valence-corrected chi connectivity index (χ2v) is 12.0. The zero-order chi connectivity index (χ0) is 15.8. The minimum absolute atomic E-state index is 0.613. The quantitative estimate of drug-likeness (QED) is 0.256. The van der Waals surface area contributed by atoms with Gasteiger partial charge < -0.3 is 0 Å². The van der Waals surface area contributed by atoms with Gasteiger partial charge in [0, 0.05) is 0 Å². The molecule has 0 bridgehead atoms. The second kappa shape index (κ2) is 15.2. The molecule has 0 radical (unpaired) electrons. The fraction of sp³-hybridized carbons (Fsp3) is 1.00. The van der Waals surface area contributed by atoms with Gasteiger partial charge in [-0.05, 0) is 0 Å². The van der Waals surface area contributed by atoms with E-state index >= 15 is 0 Å². The Morgan fingerprint density at radius 2 is 0.857 bits per heavy atom. The summed E-state index contributed by atoms with van der Waals surface area (Å²) in [5, 5.41) is 1.23. The Labute approximate surface area is 136 Å². The molecule has 0 aromatic rings. The van der Waals surface area contributed by atoms with Crippen LogP contribution in [0.4, 0.5) is 0 Å². The van der Waals surface area contributed by atoms with Crippen LogP contribution in [-0.2, 0) is 3.74 Å². The van der Waals surface area contributed by atoms with E-state index in [1.54, 1.807) is 0 Å². The SMILES string of the molecule is CCCCCCCCC[As](=O)(O)CCCCCCCCC. The van der Waals surface area contributed by atoms with Gasteiger partial charge in [0.1, 0.15) is 0 Å². The van der Waals surface area contributed by atoms with Crippen molar-refractivity contribution in [3.8, 4) is 0 Å². The molecule has 3 heteroatoms. The van der Waals surface area contributed by atoms with Crippen LogP contribution in [0.5, 0.6) is 0 Å². The fourth-order valence-corrected chi connectivity index (χ4v) is 6.22. The third kappa shape index (κ3) is 16.5. The Morgan fingerprint density at radius 3 is 1.19 bits per heavy atom. The van der Waals surface area contributed by atoms with Gasteiger partial charge in [0.2, 0.25) is 0 Å². The molecule has 0 aliphatic carbocycles. The molecule has 128 valence electrons. The maximum atomic E-state index is 12.1. The van der Waals surface area contributed by atoms with Crippen LogP contribution in [0.2, 0.25) is 10.4 Å². The average molecular weight is 362 g/mol. The van der Waals surface area contributed by atoms with E-state index in [1.807, 2.05) is 0 Å². The molecular formula is C18H39AsO2. The first-order chi connectivity index (χ1) is 10.1. The molecular weight excluding hydrogens is 323 g/mol. The van der Waals surface area contributed by atoms with Crippen LogP contribution in [0.25, 0.3) is 0 Å². The van der Waals surface area contributed by atoms with Crippen LogP contribution in [0.1, 0.15) is 104 Å². The molecule has 0 heterocycles. The van der Waals surface area contributed by atoms with Crippen molar-refractivity contribution in [1.29, 1.82) is 0 Å². The fourth-order valence-electron chi connectivity index (χ4n) is 2.74. The van der Waals surface area contributed by atoms with Crippen LogP contribution >= 0.6 is 0 Å². The Kier molecular flexibility index (Phi) is 15.5. The van der Waals surface area contributed by atoms with Gasteiger partial charge in [-0.25, -0.2) is 0 Å². The van der Waals surface area contributed by atoms with Crippen LogP contribution in [0, 0.1) is 0 Å². The van der Waals surface area contributed by atoms with E-state index in [0.29, 0.717) is 10.4 Å². The van der Waals surface area contributed by atoms with Crippen LogP contribution in [0.3, 0.4) is 0 Å². The molecule has 0 aromatic carbocycles. The van der Waals surface area contributed by atoms with Crippen molar-refractivity contribution in [3.63, 3.8) is 0 Å². The Hall–Kier alpha value is 0.318. The van der Waals surface area contributed by atoms with Crippen LogP contribution in [0.15, 0.2) is 0 Å². The third-order valence-corrected chi connectivity index (χ3v) is 8.48. The van der Waals surface area contributed by atoms with Crippen molar-refractivity contribution in [1.82, 2.24) is 0 Å². The van der Waals surface area contributed by atoms with E-state index in [9.17, 15) is 7.84 Å². The second-order valence-electron chi connectivity index (χ2n) is 6.54. The standard InChI is InChI=1S/C18H39AsO2/c1-3-5-7-9-11-13-15-17-19(20,21)18-16-14-12-10-8-6-4-2/h3-18H2,1-2H3,(H,20,21). The van der Waals surface area contributed by atoms with Crippen molar-refractivity contribution in [2.24, 2.45) is 0 Å². The number of unbranched alkanes of at least 4 members (excludes halogenated alkanes) is 12. The topological polar surface area (TPSA) is 37.3 Å². The summed E-state index contributed by atoms with van der Waals surface area (Å²) in [6, 6.07) is 0. The molecule has 0 aliphatic heterocycles. The van der Waals surface area contributed by atoms with Crippen molar-refractivity contribution >= 4 is 13.8 Å². The van der Waals surface area contributed by atoms with Gasteiger partial charge in [-0.1, -0.05) is 0 Å². The molecule has 0 rings (SSSR count). The monoisotopic (exact) mass is 362 g/mol. The molecule has 0 unspecified atom stereocenters. The van der Waals surface area contributed by atoms with Gasteiger partial charge in [0.15, 0.2) is 0 Å². The molecule has 0 saturated carbocycles. The van der Waals surface area contributed by atoms with Crippen LogP contribution < -0.4 is 0 Å². The van der Waals surface area contributed by atoms with Gasteiger partial charge in [0.25, 0.3) is 0 Å². The third-order valence-electron chi connectivity index (χ3n) is 4.22. The zero-order valence-electron chi connectivity index (χ0n) is 14.6. The van der Waals surface area contributed by atoms with Gasteiger partial charge in [-0.15, -0.1) is 0 Å². The summed E-state index contributed by atoms with van der Waals surface area (Å²) in [5.74, 6) is 0. The molecule has 2 nitrogen and oxygen atoms in total. The zero-order valence-corrected chi connectivity index (χ0v) is 16.5. The molecule has 0 aliphatic rings. The first kappa shape index (κ1) is 21.3. The first-order valence-electron chi connectivity index (χ1n) is 9.43. The molecule has 0 amide bonds. The van der Waals surface area contributed by atoms with Gasteiger partial charge in [-0.2, -0.15) is 0 Å². The van der Waals surface area contributed by atoms with E-state index in [0.717, 1.165) is 25.7 Å². The normalized spacial score (nSPS) is 12.0. The average Bonchev–Trinajstić information content (AvgIpc) is 2.45. The number of hydrogen-bond donors (Lipinski definition) is 1. The van der Waals surface area contributed by atoms with E-state index in [4.69, 9.17) is 0 Å². The van der Waals surface area contributed by atoms with E-state index < -0.39 is 13.8 Å².